The predicted molar refractivity (Wildman–Crippen MR) is 82.8 cm³/mol. The van der Waals surface area contributed by atoms with E-state index in [0.717, 1.165) is 34.1 Å². The lowest BCUT2D eigenvalue weighted by Gasteiger charge is -2.29. The highest BCUT2D eigenvalue weighted by molar-refractivity contribution is 7.99. The van der Waals surface area contributed by atoms with Crippen molar-refractivity contribution in [3.63, 3.8) is 0 Å². The van der Waals surface area contributed by atoms with Crippen LogP contribution in [0.3, 0.4) is 0 Å². The van der Waals surface area contributed by atoms with Crippen LogP contribution in [0.2, 0.25) is 0 Å². The molecular weight excluding hydrogens is 291 g/mol. The van der Waals surface area contributed by atoms with Crippen LogP contribution in [0.5, 0.6) is 0 Å². The number of hydrogen-bond donors (Lipinski definition) is 1. The van der Waals surface area contributed by atoms with E-state index in [-0.39, 0.29) is 17.9 Å². The van der Waals surface area contributed by atoms with Crippen molar-refractivity contribution < 1.29 is 4.39 Å². The molecule has 5 heteroatoms. The first-order valence-corrected chi connectivity index (χ1v) is 8.72. The molecular formula is C15H17FN2S2. The molecule has 0 saturated carbocycles. The van der Waals surface area contributed by atoms with Crippen molar-refractivity contribution >= 4 is 23.1 Å². The number of nitrogens with zero attached hydrogens (tertiary/aromatic N) is 1. The Labute approximate surface area is 126 Å². The van der Waals surface area contributed by atoms with Crippen LogP contribution >= 0.6 is 23.1 Å². The molecule has 0 radical (unpaired) electrons. The summed E-state index contributed by atoms with van der Waals surface area (Å²) in [6, 6.07) is 5.86. The molecule has 0 saturated heterocycles. The maximum Gasteiger partial charge on any atom is 0.137 e. The number of hydrogen-bond acceptors (Lipinski definition) is 4. The van der Waals surface area contributed by atoms with Gasteiger partial charge in [0.2, 0.25) is 0 Å². The first-order chi connectivity index (χ1) is 9.79. The predicted octanol–water partition coefficient (Wildman–Crippen LogP) is 4.56. The minimum Gasteiger partial charge on any atom is -0.301 e. The minimum absolute atomic E-state index is 0.0960. The molecule has 3 rings (SSSR count). The average molecular weight is 308 g/mol. The molecule has 1 N–H and O–H groups in total. The van der Waals surface area contributed by atoms with Crippen molar-refractivity contribution in [3.05, 3.63) is 46.2 Å². The van der Waals surface area contributed by atoms with Gasteiger partial charge in [0.25, 0.3) is 0 Å². The molecule has 1 aliphatic rings. The Morgan fingerprint density at radius 3 is 3.15 bits per heavy atom. The minimum atomic E-state index is -0.0960. The lowest BCUT2D eigenvalue weighted by molar-refractivity contribution is 0.416. The van der Waals surface area contributed by atoms with Crippen molar-refractivity contribution in [2.24, 2.45) is 0 Å². The molecule has 20 heavy (non-hydrogen) atoms. The van der Waals surface area contributed by atoms with Gasteiger partial charge < -0.3 is 5.32 Å². The molecule has 1 aromatic carbocycles. The molecule has 0 amide bonds. The number of rotatable bonds is 4. The smallest absolute Gasteiger partial charge is 0.137 e. The summed E-state index contributed by atoms with van der Waals surface area (Å²) in [5.41, 5.74) is 1.09. The summed E-state index contributed by atoms with van der Waals surface area (Å²) >= 11 is 3.30. The van der Waals surface area contributed by atoms with Crippen LogP contribution in [0.4, 0.5) is 4.39 Å². The van der Waals surface area contributed by atoms with Gasteiger partial charge >= 0.3 is 0 Å². The van der Waals surface area contributed by atoms with Gasteiger partial charge in [0.1, 0.15) is 10.8 Å². The van der Waals surface area contributed by atoms with Crippen LogP contribution in [0.1, 0.15) is 42.4 Å². The molecule has 0 aliphatic carbocycles. The van der Waals surface area contributed by atoms with Gasteiger partial charge in [-0.05, 0) is 30.2 Å². The molecule has 2 aromatic rings. The van der Waals surface area contributed by atoms with Crippen molar-refractivity contribution in [1.29, 1.82) is 0 Å². The van der Waals surface area contributed by atoms with Crippen LogP contribution in [0.15, 0.2) is 34.7 Å². The number of benzene rings is 1. The Bertz CT molecular complexity index is 571. The van der Waals surface area contributed by atoms with Crippen LogP contribution in [0.25, 0.3) is 0 Å². The molecule has 1 aromatic heterocycles. The summed E-state index contributed by atoms with van der Waals surface area (Å²) < 4.78 is 13.9. The number of fused-ring (bicyclic) bond motifs is 1. The highest BCUT2D eigenvalue weighted by atomic mass is 32.2. The third-order valence-corrected chi connectivity index (χ3v) is 5.63. The van der Waals surface area contributed by atoms with Gasteiger partial charge in [-0.2, -0.15) is 0 Å². The van der Waals surface area contributed by atoms with Crippen molar-refractivity contribution in [2.45, 2.75) is 36.7 Å². The second kappa shape index (κ2) is 6.24. The van der Waals surface area contributed by atoms with Gasteiger partial charge in [-0.1, -0.05) is 19.1 Å². The zero-order chi connectivity index (χ0) is 13.9. The normalized spacial score (nSPS) is 19.6. The van der Waals surface area contributed by atoms with E-state index in [2.05, 4.69) is 17.2 Å². The molecule has 106 valence electrons. The van der Waals surface area contributed by atoms with Crippen LogP contribution in [-0.2, 0) is 0 Å². The second-order valence-electron chi connectivity index (χ2n) is 4.85. The van der Waals surface area contributed by atoms with E-state index in [0.29, 0.717) is 0 Å². The topological polar surface area (TPSA) is 24.9 Å². The van der Waals surface area contributed by atoms with Crippen LogP contribution in [0, 0.1) is 5.82 Å². The summed E-state index contributed by atoms with van der Waals surface area (Å²) in [6.07, 6.45) is 3.86. The number of thioether (sulfide) groups is 1. The molecule has 0 spiro atoms. The Kier molecular flexibility index (Phi) is 4.38. The monoisotopic (exact) mass is 308 g/mol. The third-order valence-electron chi connectivity index (χ3n) is 3.59. The van der Waals surface area contributed by atoms with Crippen molar-refractivity contribution in [2.75, 3.05) is 5.75 Å². The molecule has 2 heterocycles. The fraction of sp³-hybridized carbons (Fsp3) is 0.400. The Hall–Kier alpha value is -0.910. The molecule has 2 atom stereocenters. The van der Waals surface area contributed by atoms with E-state index in [1.165, 1.54) is 0 Å². The molecule has 0 bridgehead atoms. The van der Waals surface area contributed by atoms with E-state index >= 15 is 0 Å². The van der Waals surface area contributed by atoms with E-state index in [1.807, 2.05) is 17.6 Å². The summed E-state index contributed by atoms with van der Waals surface area (Å²) in [6.45, 7) is 2.16. The molecule has 1 aliphatic heterocycles. The molecule has 0 fully saturated rings. The van der Waals surface area contributed by atoms with Gasteiger partial charge in [0, 0.05) is 22.5 Å². The zero-order valence-corrected chi connectivity index (χ0v) is 12.9. The maximum absolute atomic E-state index is 13.9. The summed E-state index contributed by atoms with van der Waals surface area (Å²) in [5.74, 6) is 0.862. The van der Waals surface area contributed by atoms with Gasteiger partial charge in [0.15, 0.2) is 0 Å². The first kappa shape index (κ1) is 14.0. The van der Waals surface area contributed by atoms with E-state index in [4.69, 9.17) is 0 Å². The third kappa shape index (κ3) is 2.75. The molecule has 2 unspecified atom stereocenters. The van der Waals surface area contributed by atoms with Gasteiger partial charge in [-0.15, -0.1) is 23.1 Å². The Morgan fingerprint density at radius 1 is 1.50 bits per heavy atom. The van der Waals surface area contributed by atoms with Crippen LogP contribution < -0.4 is 5.32 Å². The fourth-order valence-electron chi connectivity index (χ4n) is 2.57. The van der Waals surface area contributed by atoms with Crippen molar-refractivity contribution in [3.8, 4) is 0 Å². The number of thiazole rings is 1. The SMILES string of the molecule is CCC(NC1CCSc2c(F)cccc21)c1nccs1. The van der Waals surface area contributed by atoms with E-state index in [9.17, 15) is 4.39 Å². The quantitative estimate of drug-likeness (QED) is 0.896. The number of aromatic nitrogens is 1. The van der Waals surface area contributed by atoms with Crippen molar-refractivity contribution in [1.82, 2.24) is 10.3 Å². The van der Waals surface area contributed by atoms with Gasteiger partial charge in [0.05, 0.1) is 6.04 Å². The average Bonchev–Trinajstić information content (AvgIpc) is 2.99. The fourth-order valence-corrected chi connectivity index (χ4v) is 4.50. The number of halogens is 1. The Balaban J connectivity index is 1.84. The lowest BCUT2D eigenvalue weighted by atomic mass is 10.0. The van der Waals surface area contributed by atoms with E-state index in [1.54, 1.807) is 35.2 Å². The van der Waals surface area contributed by atoms with Gasteiger partial charge in [-0.25, -0.2) is 9.37 Å². The number of nitrogens with one attached hydrogen (secondary N) is 1. The standard InChI is InChI=1S/C15H17FN2S2/c1-2-12(15-17-7-9-20-15)18-13-6-8-19-14-10(13)4-3-5-11(14)16/h3-5,7,9,12-13,18H,2,6,8H2,1H3. The van der Waals surface area contributed by atoms with Crippen LogP contribution in [-0.4, -0.2) is 10.7 Å². The summed E-state index contributed by atoms with van der Waals surface area (Å²) in [7, 11) is 0. The largest absolute Gasteiger partial charge is 0.301 e. The highest BCUT2D eigenvalue weighted by Gasteiger charge is 2.25. The highest BCUT2D eigenvalue weighted by Crippen LogP contribution is 2.39. The van der Waals surface area contributed by atoms with Gasteiger partial charge in [-0.3, -0.25) is 0 Å². The summed E-state index contributed by atoms with van der Waals surface area (Å²) in [4.78, 5) is 5.21. The lowest BCUT2D eigenvalue weighted by Crippen LogP contribution is -2.28. The second-order valence-corrected chi connectivity index (χ2v) is 6.88. The maximum atomic E-state index is 13.9. The summed E-state index contributed by atoms with van der Waals surface area (Å²) in [5, 5.41) is 6.78. The van der Waals surface area contributed by atoms with E-state index < -0.39 is 0 Å². The Morgan fingerprint density at radius 2 is 2.40 bits per heavy atom. The zero-order valence-electron chi connectivity index (χ0n) is 11.3. The first-order valence-electron chi connectivity index (χ1n) is 6.86. The molecule has 2 nitrogen and oxygen atoms in total.